The maximum Gasteiger partial charge on any atom is 0.249 e. The smallest absolute Gasteiger partial charge is 0.249 e. The normalized spacial score (nSPS) is 14.3. The first kappa shape index (κ1) is 32.4. The molecule has 3 aliphatic heterocycles. The van der Waals surface area contributed by atoms with Gasteiger partial charge < -0.3 is 9.80 Å². The van der Waals surface area contributed by atoms with Crippen molar-refractivity contribution in [2.75, 3.05) is 9.80 Å². The fourth-order valence-corrected chi connectivity index (χ4v) is 16.1. The van der Waals surface area contributed by atoms with Gasteiger partial charge in [0.2, 0.25) is 6.71 Å². The summed E-state index contributed by atoms with van der Waals surface area (Å²) in [5, 5.41) is 5.66. The Morgan fingerprint density at radius 3 is 1.58 bits per heavy atom. The molecule has 3 heterocycles. The Morgan fingerprint density at radius 1 is 0.418 bits per heavy atom. The summed E-state index contributed by atoms with van der Waals surface area (Å²) in [7, 11) is -2.78. The molecule has 0 amide bonds. The van der Waals surface area contributed by atoms with Crippen LogP contribution in [0.25, 0.3) is 0 Å². The molecule has 2 nitrogen and oxygen atoms in total. The van der Waals surface area contributed by atoms with Crippen molar-refractivity contribution in [2.45, 2.75) is 23.6 Å². The van der Waals surface area contributed by atoms with Crippen molar-refractivity contribution in [3.05, 3.63) is 199 Å². The minimum Gasteiger partial charge on any atom is -0.311 e. The van der Waals surface area contributed by atoms with Crippen LogP contribution in [0, 0.1) is 13.8 Å². The third-order valence-corrected chi connectivity index (χ3v) is 17.8. The molecule has 0 atom stereocenters. The molecular formula is C50H37BN2SSi. The van der Waals surface area contributed by atoms with E-state index in [0.717, 1.165) is 0 Å². The fraction of sp³-hybridized carbons (Fsp3) is 0.0400. The number of aryl methyl sites for hydroxylation is 2. The van der Waals surface area contributed by atoms with Crippen LogP contribution in [0.1, 0.15) is 11.1 Å². The van der Waals surface area contributed by atoms with Gasteiger partial charge in [0.15, 0.2) is 8.07 Å². The second-order valence-corrected chi connectivity index (χ2v) is 19.9. The second kappa shape index (κ2) is 12.5. The van der Waals surface area contributed by atoms with Crippen LogP contribution >= 0.6 is 11.8 Å². The van der Waals surface area contributed by atoms with E-state index in [2.05, 4.69) is 212 Å². The zero-order valence-electron chi connectivity index (χ0n) is 30.8. The lowest BCUT2D eigenvalue weighted by molar-refractivity contribution is 1.23. The van der Waals surface area contributed by atoms with Gasteiger partial charge >= 0.3 is 0 Å². The predicted molar refractivity (Wildman–Crippen MR) is 238 cm³/mol. The van der Waals surface area contributed by atoms with Gasteiger partial charge in [0.1, 0.15) is 0 Å². The van der Waals surface area contributed by atoms with Gasteiger partial charge in [0, 0.05) is 43.9 Å². The molecule has 8 aromatic rings. The summed E-state index contributed by atoms with van der Waals surface area (Å²) in [6.07, 6.45) is 0. The van der Waals surface area contributed by atoms with E-state index in [1.54, 1.807) is 0 Å². The van der Waals surface area contributed by atoms with Gasteiger partial charge in [-0.15, -0.1) is 0 Å². The highest BCUT2D eigenvalue weighted by molar-refractivity contribution is 8.00. The topological polar surface area (TPSA) is 6.48 Å². The van der Waals surface area contributed by atoms with E-state index < -0.39 is 8.07 Å². The van der Waals surface area contributed by atoms with Crippen molar-refractivity contribution in [3.63, 3.8) is 0 Å². The van der Waals surface area contributed by atoms with E-state index in [4.69, 9.17) is 0 Å². The van der Waals surface area contributed by atoms with E-state index in [1.165, 1.54) is 92.2 Å². The number of rotatable bonds is 4. The first-order valence-corrected chi connectivity index (χ1v) is 21.9. The standard InChI is InChI=1S/C50H37BN2SSi/c1-34-26-28-43-48(30-34)55(38-18-8-4-9-19-38,39-20-10-5-11-21-39)49-31-35(2)27-29-44(49)53(43)37-32-45-50-47(33-37)54-46-25-15-13-23-41(46)51(50)40-22-12-14-24-42(40)52(45)36-16-6-3-7-17-36/h3-33H,1-2H3. The van der Waals surface area contributed by atoms with E-state index in [9.17, 15) is 0 Å². The van der Waals surface area contributed by atoms with E-state index >= 15 is 0 Å². The van der Waals surface area contributed by atoms with Crippen LogP contribution in [0.15, 0.2) is 198 Å². The van der Waals surface area contributed by atoms with Gasteiger partial charge in [-0.2, -0.15) is 0 Å². The fourth-order valence-electron chi connectivity index (χ4n) is 9.62. The molecular weight excluding hydrogens is 700 g/mol. The van der Waals surface area contributed by atoms with Crippen molar-refractivity contribution >= 4 is 97.8 Å². The Balaban J connectivity index is 1.24. The molecule has 5 heteroatoms. The van der Waals surface area contributed by atoms with Crippen molar-refractivity contribution in [2.24, 2.45) is 0 Å². The third-order valence-electron chi connectivity index (χ3n) is 11.9. The van der Waals surface area contributed by atoms with Crippen LogP contribution in [0.3, 0.4) is 0 Å². The molecule has 0 saturated carbocycles. The molecule has 0 saturated heterocycles. The van der Waals surface area contributed by atoms with Crippen LogP contribution in [0.2, 0.25) is 0 Å². The quantitative estimate of drug-likeness (QED) is 0.168. The van der Waals surface area contributed by atoms with Gasteiger partial charge in [-0.05, 0) is 94.1 Å². The van der Waals surface area contributed by atoms with Crippen LogP contribution in [0.5, 0.6) is 0 Å². The van der Waals surface area contributed by atoms with Crippen LogP contribution in [0.4, 0.5) is 34.1 Å². The van der Waals surface area contributed by atoms with E-state index in [-0.39, 0.29) is 6.71 Å². The molecule has 0 unspecified atom stereocenters. The molecule has 8 aromatic carbocycles. The Bertz CT molecular complexity index is 2690. The van der Waals surface area contributed by atoms with Gasteiger partial charge in [-0.3, -0.25) is 0 Å². The van der Waals surface area contributed by atoms with Crippen molar-refractivity contribution in [3.8, 4) is 0 Å². The number of benzene rings is 8. The highest BCUT2D eigenvalue weighted by Gasteiger charge is 2.49. The summed E-state index contributed by atoms with van der Waals surface area (Å²) in [6, 6.07) is 71.0. The van der Waals surface area contributed by atoms with Gasteiger partial charge in [-0.25, -0.2) is 0 Å². The third kappa shape index (κ3) is 4.76. The van der Waals surface area contributed by atoms with Gasteiger partial charge in [0.25, 0.3) is 0 Å². The first-order chi connectivity index (χ1) is 27.1. The van der Waals surface area contributed by atoms with Crippen LogP contribution < -0.4 is 46.9 Å². The largest absolute Gasteiger partial charge is 0.311 e. The molecule has 0 N–H and O–H groups in total. The zero-order valence-corrected chi connectivity index (χ0v) is 32.6. The number of hydrogen-bond acceptors (Lipinski definition) is 3. The summed E-state index contributed by atoms with van der Waals surface area (Å²) < 4.78 is 0. The molecule has 260 valence electrons. The van der Waals surface area contributed by atoms with Gasteiger partial charge in [-0.1, -0.05) is 168 Å². The Labute approximate surface area is 328 Å². The lowest BCUT2D eigenvalue weighted by Gasteiger charge is -2.46. The lowest BCUT2D eigenvalue weighted by atomic mass is 9.35. The summed E-state index contributed by atoms with van der Waals surface area (Å²) in [4.78, 5) is 7.73. The molecule has 0 aromatic heterocycles. The SMILES string of the molecule is Cc1ccc2c(c1)[Si](c1ccccc1)(c1ccccc1)c1cc(C)ccc1N2c1cc2c3c(c1)N(c1ccccc1)c1ccccc1B3c1ccccc1S2. The molecule has 0 fully saturated rings. The number of para-hydroxylation sites is 2. The minimum absolute atomic E-state index is 0.148. The zero-order chi connectivity index (χ0) is 36.7. The van der Waals surface area contributed by atoms with E-state index in [1.807, 2.05) is 11.8 Å². The number of nitrogens with zero attached hydrogens (tertiary/aromatic N) is 2. The monoisotopic (exact) mass is 736 g/mol. The highest BCUT2D eigenvalue weighted by atomic mass is 32.2. The van der Waals surface area contributed by atoms with Crippen molar-refractivity contribution < 1.29 is 0 Å². The summed E-state index contributed by atoms with van der Waals surface area (Å²) in [5.74, 6) is 0. The molecule has 3 aliphatic rings. The van der Waals surface area contributed by atoms with Crippen molar-refractivity contribution in [1.82, 2.24) is 0 Å². The molecule has 0 aliphatic carbocycles. The summed E-state index contributed by atoms with van der Waals surface area (Å²) in [5.41, 5.74) is 14.0. The summed E-state index contributed by atoms with van der Waals surface area (Å²) >= 11 is 1.92. The number of anilines is 6. The molecule has 0 spiro atoms. The molecule has 0 radical (unpaired) electrons. The lowest BCUT2D eigenvalue weighted by Crippen LogP contribution is -2.77. The Kier molecular flexibility index (Phi) is 7.38. The van der Waals surface area contributed by atoms with Crippen molar-refractivity contribution in [1.29, 1.82) is 0 Å². The maximum atomic E-state index is 2.58. The predicted octanol–water partition coefficient (Wildman–Crippen LogP) is 8.23. The molecule has 55 heavy (non-hydrogen) atoms. The summed E-state index contributed by atoms with van der Waals surface area (Å²) in [6.45, 7) is 4.64. The molecule has 0 bridgehead atoms. The average molecular weight is 737 g/mol. The number of hydrogen-bond donors (Lipinski definition) is 0. The average Bonchev–Trinajstić information content (AvgIpc) is 3.23. The Morgan fingerprint density at radius 2 is 0.945 bits per heavy atom. The maximum absolute atomic E-state index is 2.78. The number of fused-ring (bicyclic) bond motifs is 6. The molecule has 11 rings (SSSR count). The first-order valence-electron chi connectivity index (χ1n) is 19.1. The van der Waals surface area contributed by atoms with Crippen LogP contribution in [-0.2, 0) is 0 Å². The Hall–Kier alpha value is -6.01. The van der Waals surface area contributed by atoms with E-state index in [0.29, 0.717) is 0 Å². The van der Waals surface area contributed by atoms with Crippen LogP contribution in [-0.4, -0.2) is 14.8 Å². The second-order valence-electron chi connectivity index (χ2n) is 15.0. The van der Waals surface area contributed by atoms with Gasteiger partial charge in [0.05, 0.1) is 0 Å². The highest BCUT2D eigenvalue weighted by Crippen LogP contribution is 2.47. The minimum atomic E-state index is -2.78.